The van der Waals surface area contributed by atoms with Gasteiger partial charge in [0.25, 0.3) is 0 Å². The van der Waals surface area contributed by atoms with Crippen LogP contribution in [0.5, 0.6) is 0 Å². The number of hydrogen-bond acceptors (Lipinski definition) is 4. The van der Waals surface area contributed by atoms with Crippen molar-refractivity contribution in [2.45, 2.75) is 13.8 Å². The Labute approximate surface area is 106 Å². The van der Waals surface area contributed by atoms with Crippen molar-refractivity contribution in [2.75, 3.05) is 6.61 Å². The van der Waals surface area contributed by atoms with Gasteiger partial charge in [0.2, 0.25) is 0 Å². The van der Waals surface area contributed by atoms with Crippen LogP contribution in [0.2, 0.25) is 0 Å². The van der Waals surface area contributed by atoms with Crippen LogP contribution in [0.15, 0.2) is 36.8 Å². The maximum absolute atomic E-state index is 11.9. The molecule has 2 aromatic rings. The zero-order valence-corrected chi connectivity index (χ0v) is 10.4. The van der Waals surface area contributed by atoms with Gasteiger partial charge < -0.3 is 4.74 Å². The molecule has 0 aliphatic heterocycles. The molecule has 0 radical (unpaired) electrons. The summed E-state index contributed by atoms with van der Waals surface area (Å²) in [7, 11) is 0. The van der Waals surface area contributed by atoms with Crippen molar-refractivity contribution in [3.63, 3.8) is 0 Å². The van der Waals surface area contributed by atoms with Gasteiger partial charge >= 0.3 is 5.97 Å². The van der Waals surface area contributed by atoms with Gasteiger partial charge in [-0.05, 0) is 37.6 Å². The first-order chi connectivity index (χ1) is 8.74. The molecular weight excluding hydrogens is 228 g/mol. The molecule has 92 valence electrons. The Balaban J connectivity index is 2.52. The molecule has 0 atom stereocenters. The van der Waals surface area contributed by atoms with Crippen molar-refractivity contribution in [1.29, 1.82) is 0 Å². The summed E-state index contributed by atoms with van der Waals surface area (Å²) in [4.78, 5) is 20.2. The number of nitrogens with zero attached hydrogens (tertiary/aromatic N) is 2. The lowest BCUT2D eigenvalue weighted by atomic mass is 10.0. The Morgan fingerprint density at radius 3 is 2.89 bits per heavy atom. The summed E-state index contributed by atoms with van der Waals surface area (Å²) in [6, 6.07) is 5.33. The lowest BCUT2D eigenvalue weighted by molar-refractivity contribution is 0.0527. The van der Waals surface area contributed by atoms with Gasteiger partial charge in [0.15, 0.2) is 0 Å². The van der Waals surface area contributed by atoms with E-state index in [-0.39, 0.29) is 5.97 Å². The molecule has 0 aromatic carbocycles. The largest absolute Gasteiger partial charge is 0.462 e. The molecule has 0 aliphatic rings. The van der Waals surface area contributed by atoms with Gasteiger partial charge in [0, 0.05) is 24.2 Å². The fourth-order valence-corrected chi connectivity index (χ4v) is 1.71. The van der Waals surface area contributed by atoms with Gasteiger partial charge in [-0.2, -0.15) is 0 Å². The first kappa shape index (κ1) is 12.2. The van der Waals surface area contributed by atoms with E-state index in [4.69, 9.17) is 4.74 Å². The molecule has 18 heavy (non-hydrogen) atoms. The number of pyridine rings is 2. The Bertz CT molecular complexity index is 567. The fraction of sp³-hybridized carbons (Fsp3) is 0.214. The van der Waals surface area contributed by atoms with E-state index in [0.29, 0.717) is 17.9 Å². The number of ether oxygens (including phenoxy) is 1. The number of carbonyl (C=O) groups is 1. The lowest BCUT2D eigenvalue weighted by Gasteiger charge is -2.09. The summed E-state index contributed by atoms with van der Waals surface area (Å²) in [5.74, 6) is -0.358. The van der Waals surface area contributed by atoms with Crippen molar-refractivity contribution < 1.29 is 9.53 Å². The van der Waals surface area contributed by atoms with Crippen molar-refractivity contribution in [1.82, 2.24) is 9.97 Å². The van der Waals surface area contributed by atoms with E-state index in [1.54, 1.807) is 37.6 Å². The summed E-state index contributed by atoms with van der Waals surface area (Å²) < 4.78 is 5.03. The van der Waals surface area contributed by atoms with E-state index in [1.807, 2.05) is 13.0 Å². The molecule has 0 spiro atoms. The van der Waals surface area contributed by atoms with Crippen LogP contribution in [0.3, 0.4) is 0 Å². The minimum Gasteiger partial charge on any atom is -0.462 e. The van der Waals surface area contributed by atoms with Crippen LogP contribution in [0.4, 0.5) is 0 Å². The highest BCUT2D eigenvalue weighted by atomic mass is 16.5. The molecule has 2 heterocycles. The topological polar surface area (TPSA) is 52.1 Å². The second-order valence-corrected chi connectivity index (χ2v) is 3.81. The second-order valence-electron chi connectivity index (χ2n) is 3.81. The van der Waals surface area contributed by atoms with Gasteiger partial charge in [0.05, 0.1) is 17.9 Å². The Kier molecular flexibility index (Phi) is 3.67. The lowest BCUT2D eigenvalue weighted by Crippen LogP contribution is -2.07. The maximum atomic E-state index is 11.9. The molecular formula is C14H14N2O2. The van der Waals surface area contributed by atoms with Crippen LogP contribution in [0, 0.1) is 6.92 Å². The second kappa shape index (κ2) is 5.40. The highest BCUT2D eigenvalue weighted by Crippen LogP contribution is 2.24. The minimum absolute atomic E-state index is 0.346. The van der Waals surface area contributed by atoms with Gasteiger partial charge in [-0.25, -0.2) is 4.79 Å². The van der Waals surface area contributed by atoms with Crippen LogP contribution in [0.1, 0.15) is 22.8 Å². The van der Waals surface area contributed by atoms with Crippen molar-refractivity contribution in [3.05, 3.63) is 47.9 Å². The molecule has 0 saturated carbocycles. The number of esters is 1. The Hall–Kier alpha value is -2.23. The predicted molar refractivity (Wildman–Crippen MR) is 68.2 cm³/mol. The van der Waals surface area contributed by atoms with Crippen LogP contribution >= 0.6 is 0 Å². The maximum Gasteiger partial charge on any atom is 0.340 e. The average Bonchev–Trinajstić information content (AvgIpc) is 2.40. The smallest absolute Gasteiger partial charge is 0.340 e. The van der Waals surface area contributed by atoms with Crippen molar-refractivity contribution in [2.24, 2.45) is 0 Å². The number of rotatable bonds is 3. The summed E-state index contributed by atoms with van der Waals surface area (Å²) >= 11 is 0. The van der Waals surface area contributed by atoms with Crippen molar-refractivity contribution in [3.8, 4) is 11.3 Å². The zero-order chi connectivity index (χ0) is 13.0. The molecule has 0 N–H and O–H groups in total. The molecule has 0 saturated heterocycles. The third kappa shape index (κ3) is 2.37. The first-order valence-electron chi connectivity index (χ1n) is 5.77. The number of aromatic nitrogens is 2. The quantitative estimate of drug-likeness (QED) is 0.776. The normalized spacial score (nSPS) is 10.1. The van der Waals surface area contributed by atoms with Crippen molar-refractivity contribution >= 4 is 5.97 Å². The monoisotopic (exact) mass is 242 g/mol. The molecule has 0 aliphatic carbocycles. The molecule has 0 bridgehead atoms. The SMILES string of the molecule is CCOC(=O)c1cccnc1-c1cnccc1C. The van der Waals surface area contributed by atoms with Gasteiger partial charge in [-0.1, -0.05) is 0 Å². The minimum atomic E-state index is -0.358. The highest BCUT2D eigenvalue weighted by molar-refractivity contribution is 5.96. The van der Waals surface area contributed by atoms with Crippen LogP contribution in [-0.4, -0.2) is 22.5 Å². The molecule has 2 aromatic heterocycles. The van der Waals surface area contributed by atoms with E-state index < -0.39 is 0 Å². The average molecular weight is 242 g/mol. The predicted octanol–water partition coefficient (Wildman–Crippen LogP) is 2.63. The molecule has 2 rings (SSSR count). The third-order valence-corrected chi connectivity index (χ3v) is 2.60. The number of carbonyl (C=O) groups excluding carboxylic acids is 1. The fourth-order valence-electron chi connectivity index (χ4n) is 1.71. The molecule has 0 unspecified atom stereocenters. The number of aryl methyl sites for hydroxylation is 1. The van der Waals surface area contributed by atoms with Crippen LogP contribution < -0.4 is 0 Å². The van der Waals surface area contributed by atoms with Gasteiger partial charge in [-0.15, -0.1) is 0 Å². The third-order valence-electron chi connectivity index (χ3n) is 2.60. The first-order valence-corrected chi connectivity index (χ1v) is 5.77. The molecule has 0 fully saturated rings. The summed E-state index contributed by atoms with van der Waals surface area (Å²) in [6.07, 6.45) is 5.08. The Morgan fingerprint density at radius 2 is 2.17 bits per heavy atom. The van der Waals surface area contributed by atoms with Crippen LogP contribution in [0.25, 0.3) is 11.3 Å². The van der Waals surface area contributed by atoms with Gasteiger partial charge in [-0.3, -0.25) is 9.97 Å². The zero-order valence-electron chi connectivity index (χ0n) is 10.4. The Morgan fingerprint density at radius 1 is 1.33 bits per heavy atom. The number of hydrogen-bond donors (Lipinski definition) is 0. The highest BCUT2D eigenvalue weighted by Gasteiger charge is 2.15. The summed E-state index contributed by atoms with van der Waals surface area (Å²) in [5, 5.41) is 0. The van der Waals surface area contributed by atoms with E-state index in [2.05, 4.69) is 9.97 Å². The van der Waals surface area contributed by atoms with E-state index in [1.165, 1.54) is 0 Å². The van der Waals surface area contributed by atoms with Crippen LogP contribution in [-0.2, 0) is 4.74 Å². The molecule has 4 nitrogen and oxygen atoms in total. The van der Waals surface area contributed by atoms with E-state index >= 15 is 0 Å². The van der Waals surface area contributed by atoms with E-state index in [0.717, 1.165) is 11.1 Å². The van der Waals surface area contributed by atoms with Gasteiger partial charge in [0.1, 0.15) is 0 Å². The summed E-state index contributed by atoms with van der Waals surface area (Å²) in [6.45, 7) is 4.09. The standard InChI is InChI=1S/C14H14N2O2/c1-3-18-14(17)11-5-4-7-16-13(11)12-9-15-8-6-10(12)2/h4-9H,3H2,1-2H3. The van der Waals surface area contributed by atoms with E-state index in [9.17, 15) is 4.79 Å². The molecule has 0 amide bonds. The molecule has 4 heteroatoms. The summed E-state index contributed by atoms with van der Waals surface area (Å²) in [5.41, 5.74) is 2.95.